The molecule has 0 amide bonds. The van der Waals surface area contributed by atoms with Gasteiger partial charge in [-0.3, -0.25) is 4.79 Å². The molecule has 0 saturated carbocycles. The lowest BCUT2D eigenvalue weighted by Crippen LogP contribution is -2.39. The highest BCUT2D eigenvalue weighted by Crippen LogP contribution is 2.33. The molecule has 0 heterocycles. The van der Waals surface area contributed by atoms with Gasteiger partial charge in [-0.2, -0.15) is 0 Å². The van der Waals surface area contributed by atoms with E-state index in [9.17, 15) is 4.79 Å². The van der Waals surface area contributed by atoms with Gasteiger partial charge in [-0.25, -0.2) is 0 Å². The van der Waals surface area contributed by atoms with E-state index in [4.69, 9.17) is 20.9 Å². The Morgan fingerprint density at radius 2 is 1.85 bits per heavy atom. The number of fused-ring (bicyclic) bond motifs is 1. The number of unbranched alkanes of at least 4 members (excludes halogenated alkanes) is 1. The smallest absolute Gasteiger partial charge is 0.324 e. The third-order valence-corrected chi connectivity index (χ3v) is 4.58. The molecule has 142 valence electrons. The van der Waals surface area contributed by atoms with Gasteiger partial charge in [0.1, 0.15) is 11.8 Å². The Kier molecular flexibility index (Phi) is 6.63. The monoisotopic (exact) mass is 366 g/mol. The number of carbonyl (C=O) groups is 1. The highest BCUT2D eigenvalue weighted by Gasteiger charge is 2.15. The molecule has 5 nitrogen and oxygen atoms in total. The van der Waals surface area contributed by atoms with E-state index >= 15 is 0 Å². The Hall–Kier alpha value is -2.63. The minimum atomic E-state index is -0.734. The van der Waals surface area contributed by atoms with Crippen molar-refractivity contribution in [1.82, 2.24) is 0 Å². The molecular weight excluding hydrogens is 340 g/mol. The Labute approximate surface area is 160 Å². The molecule has 5 heteroatoms. The van der Waals surface area contributed by atoms with E-state index in [2.05, 4.69) is 42.5 Å². The molecule has 0 aromatic heterocycles. The summed E-state index contributed by atoms with van der Waals surface area (Å²) in [6.07, 6.45) is 4.70. The Balaban J connectivity index is 1.41. The first-order valence-corrected chi connectivity index (χ1v) is 9.31. The van der Waals surface area contributed by atoms with Gasteiger partial charge in [0.15, 0.2) is 0 Å². The summed E-state index contributed by atoms with van der Waals surface area (Å²) in [4.78, 5) is 11.4. The zero-order valence-corrected chi connectivity index (χ0v) is 15.4. The van der Waals surface area contributed by atoms with Gasteiger partial charge in [-0.15, -0.1) is 0 Å². The van der Waals surface area contributed by atoms with Crippen LogP contribution in [0.2, 0.25) is 0 Å². The molecule has 1 atom stereocenters. The van der Waals surface area contributed by atoms with Crippen LogP contribution in [0, 0.1) is 0 Å². The molecule has 1 aliphatic carbocycles. The van der Waals surface area contributed by atoms with Crippen molar-refractivity contribution < 1.29 is 14.3 Å². The number of rotatable bonds is 9. The number of nitrogens with two attached hydrogens (primary N) is 2. The van der Waals surface area contributed by atoms with Crippen molar-refractivity contribution >= 4 is 17.6 Å². The summed E-state index contributed by atoms with van der Waals surface area (Å²) in [6.45, 7) is 1.02. The molecule has 2 aromatic rings. The predicted octanol–water partition coefficient (Wildman–Crippen LogP) is 2.77. The summed E-state index contributed by atoms with van der Waals surface area (Å²) in [7, 11) is 0. The zero-order valence-electron chi connectivity index (χ0n) is 15.4. The maximum Gasteiger partial charge on any atom is 0.324 e. The highest BCUT2D eigenvalue weighted by molar-refractivity contribution is 5.88. The highest BCUT2D eigenvalue weighted by atomic mass is 16.5. The molecule has 0 saturated heterocycles. The molecule has 0 radical (unpaired) electrons. The van der Waals surface area contributed by atoms with Crippen LogP contribution in [0.25, 0.3) is 11.6 Å². The molecule has 1 unspecified atom stereocenters. The summed E-state index contributed by atoms with van der Waals surface area (Å²) in [5, 5.41) is 0. The van der Waals surface area contributed by atoms with E-state index in [1.807, 2.05) is 12.1 Å². The van der Waals surface area contributed by atoms with Gasteiger partial charge in [-0.05, 0) is 53.7 Å². The Morgan fingerprint density at radius 1 is 1.07 bits per heavy atom. The molecule has 2 aromatic carbocycles. The van der Waals surface area contributed by atoms with Gasteiger partial charge in [-0.1, -0.05) is 42.5 Å². The van der Waals surface area contributed by atoms with E-state index in [1.54, 1.807) is 0 Å². The Bertz CT molecular complexity index is 802. The van der Waals surface area contributed by atoms with Crippen molar-refractivity contribution in [3.63, 3.8) is 0 Å². The van der Waals surface area contributed by atoms with Crippen LogP contribution < -0.4 is 16.2 Å². The average Bonchev–Trinajstić information content (AvgIpc) is 3.13. The number of allylic oxidation sites excluding steroid dienone is 1. The van der Waals surface area contributed by atoms with Crippen molar-refractivity contribution in [2.24, 2.45) is 11.5 Å². The average molecular weight is 366 g/mol. The standard InChI is InChI=1S/C22H26N2O3/c23-15-21(24)22(25)27-11-5-4-10-26-20-9-8-17-12-18(13-19(17)14-20)16-6-2-1-3-7-16/h1-3,6-9,12,14,21H,4-5,10-11,13,15,23-24H2. The van der Waals surface area contributed by atoms with Gasteiger partial charge >= 0.3 is 5.97 Å². The fraction of sp³-hybridized carbons (Fsp3) is 0.318. The van der Waals surface area contributed by atoms with Crippen molar-refractivity contribution in [3.8, 4) is 5.75 Å². The van der Waals surface area contributed by atoms with Crippen molar-refractivity contribution in [2.45, 2.75) is 25.3 Å². The number of esters is 1. The lowest BCUT2D eigenvalue weighted by atomic mass is 10.0. The van der Waals surface area contributed by atoms with Gasteiger partial charge in [0.25, 0.3) is 0 Å². The summed E-state index contributed by atoms with van der Waals surface area (Å²) in [6, 6.07) is 15.9. The Morgan fingerprint density at radius 3 is 2.63 bits per heavy atom. The molecule has 0 aliphatic heterocycles. The van der Waals surface area contributed by atoms with Gasteiger partial charge in [0, 0.05) is 6.54 Å². The minimum absolute atomic E-state index is 0.0983. The summed E-state index contributed by atoms with van der Waals surface area (Å²) >= 11 is 0. The van der Waals surface area contributed by atoms with Crippen molar-refractivity contribution in [1.29, 1.82) is 0 Å². The van der Waals surface area contributed by atoms with Crippen LogP contribution >= 0.6 is 0 Å². The van der Waals surface area contributed by atoms with Crippen LogP contribution in [0.1, 0.15) is 29.5 Å². The fourth-order valence-electron chi connectivity index (χ4n) is 3.02. The van der Waals surface area contributed by atoms with Crippen LogP contribution in [0.3, 0.4) is 0 Å². The van der Waals surface area contributed by atoms with E-state index in [-0.39, 0.29) is 6.54 Å². The number of hydrogen-bond acceptors (Lipinski definition) is 5. The van der Waals surface area contributed by atoms with E-state index in [0.29, 0.717) is 13.2 Å². The van der Waals surface area contributed by atoms with Crippen LogP contribution in [0.15, 0.2) is 48.5 Å². The molecule has 3 rings (SSSR count). The topological polar surface area (TPSA) is 87.6 Å². The molecule has 1 aliphatic rings. The second-order valence-corrected chi connectivity index (χ2v) is 6.64. The lowest BCUT2D eigenvalue weighted by molar-refractivity contribution is -0.145. The third kappa shape index (κ3) is 5.18. The largest absolute Gasteiger partial charge is 0.494 e. The van der Waals surface area contributed by atoms with Gasteiger partial charge in [0.2, 0.25) is 0 Å². The summed E-state index contributed by atoms with van der Waals surface area (Å²) < 4.78 is 10.9. The molecule has 0 fully saturated rings. The maximum atomic E-state index is 11.4. The van der Waals surface area contributed by atoms with Crippen LogP contribution in [0.4, 0.5) is 0 Å². The molecule has 0 spiro atoms. The van der Waals surface area contributed by atoms with E-state index < -0.39 is 12.0 Å². The number of carbonyl (C=O) groups excluding carboxylic acids is 1. The molecular formula is C22H26N2O3. The molecule has 0 bridgehead atoms. The van der Waals surface area contributed by atoms with Crippen LogP contribution in [-0.4, -0.2) is 31.8 Å². The SMILES string of the molecule is NCC(N)C(=O)OCCCCOc1ccc2c(c1)CC(c1ccccc1)=C2. The number of ether oxygens (including phenoxy) is 2. The quantitative estimate of drug-likeness (QED) is 0.526. The first kappa shape index (κ1) is 19.1. The van der Waals surface area contributed by atoms with E-state index in [0.717, 1.165) is 25.0 Å². The van der Waals surface area contributed by atoms with Gasteiger partial charge < -0.3 is 20.9 Å². The minimum Gasteiger partial charge on any atom is -0.494 e. The van der Waals surface area contributed by atoms with Crippen LogP contribution in [-0.2, 0) is 16.0 Å². The van der Waals surface area contributed by atoms with Gasteiger partial charge in [0.05, 0.1) is 13.2 Å². The maximum absolute atomic E-state index is 11.4. The number of benzene rings is 2. The normalized spacial score (nSPS) is 13.6. The third-order valence-electron chi connectivity index (χ3n) is 4.58. The van der Waals surface area contributed by atoms with Crippen molar-refractivity contribution in [2.75, 3.05) is 19.8 Å². The first-order chi connectivity index (χ1) is 13.2. The zero-order chi connectivity index (χ0) is 19.1. The summed E-state index contributed by atoms with van der Waals surface area (Å²) in [5.74, 6) is 0.428. The van der Waals surface area contributed by atoms with Crippen LogP contribution in [0.5, 0.6) is 5.75 Å². The second-order valence-electron chi connectivity index (χ2n) is 6.64. The number of hydrogen-bond donors (Lipinski definition) is 2. The first-order valence-electron chi connectivity index (χ1n) is 9.31. The predicted molar refractivity (Wildman–Crippen MR) is 107 cm³/mol. The molecule has 4 N–H and O–H groups in total. The lowest BCUT2D eigenvalue weighted by Gasteiger charge is -2.10. The fourth-order valence-corrected chi connectivity index (χ4v) is 3.02. The molecule has 27 heavy (non-hydrogen) atoms. The van der Waals surface area contributed by atoms with E-state index in [1.165, 1.54) is 22.3 Å². The van der Waals surface area contributed by atoms with Crippen molar-refractivity contribution in [3.05, 3.63) is 65.2 Å². The summed E-state index contributed by atoms with van der Waals surface area (Å²) in [5.41, 5.74) is 16.0. The second kappa shape index (κ2) is 9.35.